The molecule has 1 aromatic carbocycles. The summed E-state index contributed by atoms with van der Waals surface area (Å²) in [6.07, 6.45) is 8.23. The number of aromatic nitrogens is 1. The number of nitrogens with zero attached hydrogens (tertiary/aromatic N) is 1. The zero-order valence-electron chi connectivity index (χ0n) is 15.4. The van der Waals surface area contributed by atoms with E-state index in [0.717, 1.165) is 11.4 Å². The number of benzene rings is 1. The van der Waals surface area contributed by atoms with Crippen molar-refractivity contribution in [3.8, 4) is 0 Å². The Bertz CT molecular complexity index is 822. The summed E-state index contributed by atoms with van der Waals surface area (Å²) in [5.74, 6) is -0.191. The summed E-state index contributed by atoms with van der Waals surface area (Å²) >= 11 is 1.83. The molecule has 1 aliphatic heterocycles. The van der Waals surface area contributed by atoms with Crippen molar-refractivity contribution in [1.29, 1.82) is 0 Å². The summed E-state index contributed by atoms with van der Waals surface area (Å²) in [6.45, 7) is 0. The van der Waals surface area contributed by atoms with Gasteiger partial charge in [0.15, 0.2) is 0 Å². The van der Waals surface area contributed by atoms with Crippen LogP contribution in [0, 0.1) is 0 Å². The standard InChI is InChI=1S/C20H25N5OS/c1-21-19(26)17-11-15(9-10-22-17)23-14-7-8-16-18(12-14)27-20(25-16)24-13-5-3-2-4-6-13/h7-13,20,24-25H,2-6H2,1H3,(H,21,26)(H,22,23). The number of carbonyl (C=O) groups excluding carboxylic acids is 1. The van der Waals surface area contributed by atoms with Crippen LogP contribution in [0.2, 0.25) is 0 Å². The Morgan fingerprint density at radius 1 is 1.15 bits per heavy atom. The summed E-state index contributed by atoms with van der Waals surface area (Å²) in [4.78, 5) is 17.1. The zero-order valence-corrected chi connectivity index (χ0v) is 16.2. The molecule has 27 heavy (non-hydrogen) atoms. The van der Waals surface area contributed by atoms with Crippen molar-refractivity contribution in [2.45, 2.75) is 48.5 Å². The van der Waals surface area contributed by atoms with Gasteiger partial charge in [0.2, 0.25) is 0 Å². The topological polar surface area (TPSA) is 78.1 Å². The second-order valence-corrected chi connectivity index (χ2v) is 8.14. The van der Waals surface area contributed by atoms with Crippen molar-refractivity contribution in [2.75, 3.05) is 17.7 Å². The van der Waals surface area contributed by atoms with Crippen molar-refractivity contribution in [3.05, 3.63) is 42.2 Å². The number of fused-ring (bicyclic) bond motifs is 1. The minimum absolute atomic E-state index is 0.191. The highest BCUT2D eigenvalue weighted by molar-refractivity contribution is 8.00. The van der Waals surface area contributed by atoms with Gasteiger partial charge in [-0.1, -0.05) is 31.0 Å². The average molecular weight is 384 g/mol. The molecule has 4 rings (SSSR count). The lowest BCUT2D eigenvalue weighted by molar-refractivity contribution is 0.0958. The van der Waals surface area contributed by atoms with Crippen LogP contribution in [0.5, 0.6) is 0 Å². The zero-order chi connectivity index (χ0) is 18.6. The number of rotatable bonds is 5. The first kappa shape index (κ1) is 18.1. The second-order valence-electron chi connectivity index (χ2n) is 6.99. The van der Waals surface area contributed by atoms with E-state index in [1.165, 1.54) is 42.7 Å². The molecule has 0 radical (unpaired) electrons. The van der Waals surface area contributed by atoms with Gasteiger partial charge >= 0.3 is 0 Å². The molecule has 2 aliphatic rings. The highest BCUT2D eigenvalue weighted by Gasteiger charge is 2.24. The first-order valence-electron chi connectivity index (χ1n) is 9.50. The van der Waals surface area contributed by atoms with Crippen molar-refractivity contribution in [1.82, 2.24) is 15.6 Å². The molecular weight excluding hydrogens is 358 g/mol. The van der Waals surface area contributed by atoms with Crippen LogP contribution < -0.4 is 21.3 Å². The smallest absolute Gasteiger partial charge is 0.269 e. The number of anilines is 3. The Kier molecular flexibility index (Phi) is 5.50. The summed E-state index contributed by atoms with van der Waals surface area (Å²) in [5, 5.41) is 13.3. The molecule has 1 fully saturated rings. The van der Waals surface area contributed by atoms with E-state index >= 15 is 0 Å². The van der Waals surface area contributed by atoms with Gasteiger partial charge in [-0.2, -0.15) is 0 Å². The maximum absolute atomic E-state index is 11.8. The highest BCUT2D eigenvalue weighted by atomic mass is 32.2. The Morgan fingerprint density at radius 2 is 1.96 bits per heavy atom. The Labute approximate surface area is 163 Å². The van der Waals surface area contributed by atoms with Gasteiger partial charge in [-0.25, -0.2) is 0 Å². The normalized spacial score (nSPS) is 19.2. The molecule has 0 saturated heterocycles. The molecule has 1 amide bonds. The fourth-order valence-electron chi connectivity index (χ4n) is 3.60. The van der Waals surface area contributed by atoms with E-state index in [4.69, 9.17) is 0 Å². The third kappa shape index (κ3) is 4.36. The first-order valence-corrected chi connectivity index (χ1v) is 10.4. The van der Waals surface area contributed by atoms with Crippen LogP contribution in [-0.2, 0) is 0 Å². The first-order chi connectivity index (χ1) is 13.2. The van der Waals surface area contributed by atoms with Crippen molar-refractivity contribution < 1.29 is 4.79 Å². The monoisotopic (exact) mass is 383 g/mol. The van der Waals surface area contributed by atoms with Crippen LogP contribution in [0.4, 0.5) is 17.1 Å². The summed E-state index contributed by atoms with van der Waals surface area (Å²) < 4.78 is 0. The molecule has 1 aliphatic carbocycles. The van der Waals surface area contributed by atoms with Crippen LogP contribution in [0.1, 0.15) is 42.6 Å². The number of hydrogen-bond donors (Lipinski definition) is 4. The van der Waals surface area contributed by atoms with Crippen molar-refractivity contribution in [2.24, 2.45) is 0 Å². The molecule has 6 nitrogen and oxygen atoms in total. The van der Waals surface area contributed by atoms with E-state index in [2.05, 4.69) is 44.5 Å². The molecule has 7 heteroatoms. The lowest BCUT2D eigenvalue weighted by atomic mass is 9.96. The summed E-state index contributed by atoms with van der Waals surface area (Å²) in [7, 11) is 1.60. The summed E-state index contributed by atoms with van der Waals surface area (Å²) in [5.41, 5.74) is 3.64. The molecule has 4 N–H and O–H groups in total. The maximum atomic E-state index is 11.8. The van der Waals surface area contributed by atoms with Gasteiger partial charge in [0, 0.05) is 41.2 Å². The van der Waals surface area contributed by atoms with E-state index in [1.807, 2.05) is 17.8 Å². The van der Waals surface area contributed by atoms with Crippen molar-refractivity contribution in [3.63, 3.8) is 0 Å². The van der Waals surface area contributed by atoms with Gasteiger partial charge in [-0.15, -0.1) is 0 Å². The lowest BCUT2D eigenvalue weighted by Crippen LogP contribution is -2.40. The molecule has 1 saturated carbocycles. The SMILES string of the molecule is CNC(=O)c1cc(Nc2ccc3c(c2)SC(NC2CCCCC2)N3)ccn1. The highest BCUT2D eigenvalue weighted by Crippen LogP contribution is 2.40. The molecule has 1 aromatic heterocycles. The lowest BCUT2D eigenvalue weighted by Gasteiger charge is -2.26. The predicted octanol–water partition coefficient (Wildman–Crippen LogP) is 3.91. The third-order valence-corrected chi connectivity index (χ3v) is 6.09. The Balaban J connectivity index is 1.41. The van der Waals surface area contributed by atoms with Gasteiger partial charge in [-0.05, 0) is 43.2 Å². The minimum atomic E-state index is -0.191. The fraction of sp³-hybridized carbons (Fsp3) is 0.400. The molecule has 0 spiro atoms. The van der Waals surface area contributed by atoms with Crippen LogP contribution in [0.3, 0.4) is 0 Å². The molecule has 0 bridgehead atoms. The van der Waals surface area contributed by atoms with E-state index < -0.39 is 0 Å². The van der Waals surface area contributed by atoms with Crippen LogP contribution in [0.15, 0.2) is 41.4 Å². The predicted molar refractivity (Wildman–Crippen MR) is 111 cm³/mol. The average Bonchev–Trinajstić information content (AvgIpc) is 3.10. The second kappa shape index (κ2) is 8.19. The molecule has 142 valence electrons. The Hall–Kier alpha value is -2.25. The van der Waals surface area contributed by atoms with Gasteiger partial charge in [0.1, 0.15) is 11.2 Å². The molecular formula is C20H25N5OS. The molecule has 1 atom stereocenters. The van der Waals surface area contributed by atoms with Gasteiger partial charge in [0.05, 0.1) is 0 Å². The fourth-order valence-corrected chi connectivity index (χ4v) is 4.75. The number of thioether (sulfide) groups is 1. The molecule has 1 unspecified atom stereocenters. The minimum Gasteiger partial charge on any atom is -0.360 e. The van der Waals surface area contributed by atoms with E-state index in [-0.39, 0.29) is 11.4 Å². The maximum Gasteiger partial charge on any atom is 0.269 e. The van der Waals surface area contributed by atoms with E-state index in [9.17, 15) is 4.79 Å². The van der Waals surface area contributed by atoms with E-state index in [0.29, 0.717) is 11.7 Å². The number of pyridine rings is 1. The molecule has 2 heterocycles. The van der Waals surface area contributed by atoms with Crippen LogP contribution >= 0.6 is 11.8 Å². The Morgan fingerprint density at radius 3 is 2.78 bits per heavy atom. The van der Waals surface area contributed by atoms with Gasteiger partial charge in [-0.3, -0.25) is 15.1 Å². The van der Waals surface area contributed by atoms with Gasteiger partial charge in [0.25, 0.3) is 5.91 Å². The quantitative estimate of drug-likeness (QED) is 0.627. The van der Waals surface area contributed by atoms with Crippen LogP contribution in [-0.4, -0.2) is 29.5 Å². The number of hydrogen-bond acceptors (Lipinski definition) is 6. The van der Waals surface area contributed by atoms with Gasteiger partial charge < -0.3 is 16.0 Å². The molecule has 2 aromatic rings. The van der Waals surface area contributed by atoms with Crippen molar-refractivity contribution >= 4 is 34.7 Å². The number of amides is 1. The third-order valence-electron chi connectivity index (χ3n) is 5.01. The van der Waals surface area contributed by atoms with Crippen LogP contribution in [0.25, 0.3) is 0 Å². The van der Waals surface area contributed by atoms with E-state index in [1.54, 1.807) is 19.3 Å². The number of nitrogens with one attached hydrogen (secondary N) is 4. The number of carbonyl (C=O) groups is 1. The largest absolute Gasteiger partial charge is 0.360 e. The summed E-state index contributed by atoms with van der Waals surface area (Å²) in [6, 6.07) is 10.5.